The van der Waals surface area contributed by atoms with Gasteiger partial charge in [0.25, 0.3) is 5.91 Å². The average Bonchev–Trinajstić information content (AvgIpc) is 2.72. The molecule has 1 amide bonds. The van der Waals surface area contributed by atoms with Gasteiger partial charge in [0.15, 0.2) is 0 Å². The number of carbonyl (C=O) groups excluding carboxylic acids is 2. The van der Waals surface area contributed by atoms with Crippen molar-refractivity contribution in [2.75, 3.05) is 6.54 Å². The quantitative estimate of drug-likeness (QED) is 0.604. The third-order valence-corrected chi connectivity index (χ3v) is 5.18. The van der Waals surface area contributed by atoms with Crippen LogP contribution in [0.3, 0.4) is 0 Å². The fourth-order valence-electron chi connectivity index (χ4n) is 2.35. The number of benzene rings is 1. The van der Waals surface area contributed by atoms with Crippen LogP contribution in [0.5, 0.6) is 0 Å². The van der Waals surface area contributed by atoms with Crippen molar-refractivity contribution in [1.82, 2.24) is 4.90 Å². The molecule has 1 saturated heterocycles. The fourth-order valence-corrected chi connectivity index (χ4v) is 3.65. The van der Waals surface area contributed by atoms with E-state index in [2.05, 4.69) is 19.1 Å². The average molecular weight is 348 g/mol. The highest BCUT2D eigenvalue weighted by Gasteiger charge is 2.31. The molecule has 0 saturated carbocycles. The van der Waals surface area contributed by atoms with Crippen LogP contribution in [0.2, 0.25) is 0 Å². The molecule has 1 aliphatic rings. The van der Waals surface area contributed by atoms with Crippen molar-refractivity contribution in [3.8, 4) is 0 Å². The Labute approximate surface area is 145 Å². The van der Waals surface area contributed by atoms with E-state index in [9.17, 15) is 14.7 Å². The number of carbonyl (C=O) groups is 2. The highest BCUT2D eigenvalue weighted by molar-refractivity contribution is 8.26. The Morgan fingerprint density at radius 3 is 2.57 bits per heavy atom. The smallest absolute Gasteiger partial charge is 0.266 e. The van der Waals surface area contributed by atoms with Crippen LogP contribution >= 0.6 is 24.0 Å². The first-order valence-electron chi connectivity index (χ1n) is 7.32. The minimum absolute atomic E-state index is 0.0770. The number of rotatable bonds is 5. The Morgan fingerprint density at radius 1 is 1.26 bits per heavy atom. The lowest BCUT2D eigenvalue weighted by Gasteiger charge is -2.14. The minimum atomic E-state index is -1.11. The van der Waals surface area contributed by atoms with E-state index in [-0.39, 0.29) is 12.3 Å². The molecular weight excluding hydrogens is 330 g/mol. The highest BCUT2D eigenvalue weighted by Crippen LogP contribution is 2.33. The SMILES string of the molecule is Cc1cc(C)c(/C=C2\SC(=S)N(CCCC(=O)[O-])C2=O)cc1C. The molecule has 1 aromatic carbocycles. The third-order valence-electron chi connectivity index (χ3n) is 3.81. The predicted molar refractivity (Wildman–Crippen MR) is 94.8 cm³/mol. The summed E-state index contributed by atoms with van der Waals surface area (Å²) in [6.45, 7) is 6.42. The van der Waals surface area contributed by atoms with Crippen molar-refractivity contribution in [3.63, 3.8) is 0 Å². The zero-order valence-electron chi connectivity index (χ0n) is 13.3. The summed E-state index contributed by atoms with van der Waals surface area (Å²) in [4.78, 5) is 25.0. The molecule has 6 heteroatoms. The number of hydrogen-bond donors (Lipinski definition) is 0. The molecule has 23 heavy (non-hydrogen) atoms. The van der Waals surface area contributed by atoms with Crippen LogP contribution in [0, 0.1) is 20.8 Å². The Kier molecular flexibility index (Phi) is 5.59. The summed E-state index contributed by atoms with van der Waals surface area (Å²) in [6.07, 6.45) is 2.12. The highest BCUT2D eigenvalue weighted by atomic mass is 32.2. The number of amides is 1. The summed E-state index contributed by atoms with van der Waals surface area (Å²) in [5.74, 6) is -1.27. The van der Waals surface area contributed by atoms with Crippen LogP contribution in [0.25, 0.3) is 6.08 Å². The van der Waals surface area contributed by atoms with Gasteiger partial charge in [-0.05, 0) is 61.9 Å². The van der Waals surface area contributed by atoms with Crippen molar-refractivity contribution in [3.05, 3.63) is 39.3 Å². The molecule has 4 nitrogen and oxygen atoms in total. The minimum Gasteiger partial charge on any atom is -0.550 e. The van der Waals surface area contributed by atoms with Gasteiger partial charge in [-0.3, -0.25) is 9.69 Å². The molecule has 0 aromatic heterocycles. The maximum absolute atomic E-state index is 12.4. The van der Waals surface area contributed by atoms with Crippen LogP contribution in [0.1, 0.15) is 35.1 Å². The third kappa shape index (κ3) is 4.20. The molecule has 0 radical (unpaired) electrons. The van der Waals surface area contributed by atoms with Crippen LogP contribution in [0.4, 0.5) is 0 Å². The van der Waals surface area contributed by atoms with Crippen molar-refractivity contribution >= 4 is 46.3 Å². The van der Waals surface area contributed by atoms with Gasteiger partial charge in [-0.2, -0.15) is 0 Å². The number of carboxylic acids is 1. The Bertz CT molecular complexity index is 710. The number of aliphatic carboxylic acids is 1. The number of nitrogens with zero attached hydrogens (tertiary/aromatic N) is 1. The predicted octanol–water partition coefficient (Wildman–Crippen LogP) is 2.34. The van der Waals surface area contributed by atoms with Gasteiger partial charge in [-0.25, -0.2) is 0 Å². The van der Waals surface area contributed by atoms with Gasteiger partial charge in [0.05, 0.1) is 4.91 Å². The summed E-state index contributed by atoms with van der Waals surface area (Å²) in [7, 11) is 0. The standard InChI is InChI=1S/C17H19NO3S2/c1-10-7-12(3)13(8-11(10)2)9-14-16(21)18(17(22)23-14)6-4-5-15(19)20/h7-9H,4-6H2,1-3H3,(H,19,20)/p-1/b14-9-. The van der Waals surface area contributed by atoms with E-state index in [1.807, 2.05) is 19.9 Å². The van der Waals surface area contributed by atoms with Crippen molar-refractivity contribution in [2.45, 2.75) is 33.6 Å². The van der Waals surface area contributed by atoms with E-state index in [1.54, 1.807) is 0 Å². The number of aryl methyl sites for hydroxylation is 3. The van der Waals surface area contributed by atoms with Crippen LogP contribution in [-0.2, 0) is 9.59 Å². The summed E-state index contributed by atoms with van der Waals surface area (Å²) in [5.41, 5.74) is 4.50. The molecule has 0 bridgehead atoms. The van der Waals surface area contributed by atoms with Crippen molar-refractivity contribution in [1.29, 1.82) is 0 Å². The molecule has 0 N–H and O–H groups in total. The zero-order valence-corrected chi connectivity index (χ0v) is 15.0. The van der Waals surface area contributed by atoms with Gasteiger partial charge < -0.3 is 9.90 Å². The lowest BCUT2D eigenvalue weighted by molar-refractivity contribution is -0.305. The second kappa shape index (κ2) is 7.27. The van der Waals surface area contributed by atoms with Gasteiger partial charge >= 0.3 is 0 Å². The Balaban J connectivity index is 2.18. The van der Waals surface area contributed by atoms with E-state index in [0.717, 1.165) is 11.1 Å². The van der Waals surface area contributed by atoms with Crippen molar-refractivity contribution < 1.29 is 14.7 Å². The number of carboxylic acid groups (broad SMARTS) is 1. The maximum atomic E-state index is 12.4. The normalized spacial score (nSPS) is 16.5. The lowest BCUT2D eigenvalue weighted by Crippen LogP contribution is -2.30. The lowest BCUT2D eigenvalue weighted by atomic mass is 10.0. The summed E-state index contributed by atoms with van der Waals surface area (Å²) in [6, 6.07) is 4.16. The Morgan fingerprint density at radius 2 is 1.91 bits per heavy atom. The van der Waals surface area contributed by atoms with Gasteiger partial charge in [-0.15, -0.1) is 0 Å². The first-order valence-corrected chi connectivity index (χ1v) is 8.55. The molecule has 2 rings (SSSR count). The Hall–Kier alpha value is -1.66. The second-order valence-electron chi connectivity index (χ2n) is 5.60. The molecule has 1 fully saturated rings. The second-order valence-corrected chi connectivity index (χ2v) is 7.28. The van der Waals surface area contributed by atoms with Gasteiger partial charge in [0.2, 0.25) is 0 Å². The van der Waals surface area contributed by atoms with E-state index in [0.29, 0.717) is 22.2 Å². The molecule has 1 heterocycles. The van der Waals surface area contributed by atoms with E-state index in [4.69, 9.17) is 12.2 Å². The first kappa shape index (κ1) is 17.7. The number of thiocarbonyl (C=S) groups is 1. The molecule has 1 aromatic rings. The van der Waals surface area contributed by atoms with E-state index >= 15 is 0 Å². The van der Waals surface area contributed by atoms with Crippen LogP contribution < -0.4 is 5.11 Å². The molecule has 0 atom stereocenters. The zero-order chi connectivity index (χ0) is 17.1. The monoisotopic (exact) mass is 348 g/mol. The number of thioether (sulfide) groups is 1. The molecule has 1 aliphatic heterocycles. The number of hydrogen-bond acceptors (Lipinski definition) is 5. The van der Waals surface area contributed by atoms with E-state index in [1.165, 1.54) is 27.8 Å². The largest absolute Gasteiger partial charge is 0.550 e. The molecule has 0 aliphatic carbocycles. The maximum Gasteiger partial charge on any atom is 0.266 e. The topological polar surface area (TPSA) is 60.4 Å². The van der Waals surface area contributed by atoms with E-state index < -0.39 is 5.97 Å². The van der Waals surface area contributed by atoms with Crippen molar-refractivity contribution in [2.24, 2.45) is 0 Å². The van der Waals surface area contributed by atoms with Crippen LogP contribution in [-0.4, -0.2) is 27.6 Å². The van der Waals surface area contributed by atoms with Gasteiger partial charge in [0.1, 0.15) is 4.32 Å². The molecule has 122 valence electrons. The summed E-state index contributed by atoms with van der Waals surface area (Å²) in [5, 5.41) is 10.5. The molecule has 0 unspecified atom stereocenters. The first-order chi connectivity index (χ1) is 10.8. The summed E-state index contributed by atoms with van der Waals surface area (Å²) < 4.78 is 0.473. The fraction of sp³-hybridized carbons (Fsp3) is 0.353. The van der Waals surface area contributed by atoms with Gasteiger partial charge in [0, 0.05) is 12.5 Å². The van der Waals surface area contributed by atoms with Crippen LogP contribution in [0.15, 0.2) is 17.0 Å². The molecular formula is C17H18NO3S2-. The summed E-state index contributed by atoms with van der Waals surface area (Å²) >= 11 is 6.49. The van der Waals surface area contributed by atoms with Gasteiger partial charge in [-0.1, -0.05) is 36.1 Å². The molecule has 0 spiro atoms.